The number of pyridine rings is 1. The van der Waals surface area contributed by atoms with Gasteiger partial charge in [-0.15, -0.1) is 0 Å². The summed E-state index contributed by atoms with van der Waals surface area (Å²) in [4.78, 5) is 39.5. The highest BCUT2D eigenvalue weighted by atomic mass is 32.2. The van der Waals surface area contributed by atoms with Crippen LogP contribution in [0.15, 0.2) is 65.7 Å². The largest absolute Gasteiger partial charge is 0.497 e. The molecule has 4 heterocycles. The SMILES string of the molecule is CCOc1ncccc1C1(OC(=O)N2CCN(C3CCN(C)CC3)CC2)C(=O)N(S(=O)(=O)c2ccc(OC)cc2OC)c2ccccc21. The lowest BCUT2D eigenvalue weighted by Crippen LogP contribution is -2.55. The number of methoxy groups -OCH3 is 2. The second kappa shape index (κ2) is 13.6. The Kier molecular flexibility index (Phi) is 9.50. The predicted molar refractivity (Wildman–Crippen MR) is 177 cm³/mol. The predicted octanol–water partition coefficient (Wildman–Crippen LogP) is 3.33. The third-order valence-corrected chi connectivity index (χ3v) is 11.1. The molecule has 0 radical (unpaired) electrons. The number of hydrogen-bond acceptors (Lipinski definition) is 11. The highest BCUT2D eigenvalue weighted by molar-refractivity contribution is 7.93. The molecule has 0 N–H and O–H groups in total. The molecule has 1 atom stereocenters. The Bertz CT molecular complexity index is 1770. The Morgan fingerprint density at radius 2 is 1.65 bits per heavy atom. The van der Waals surface area contributed by atoms with E-state index in [0.717, 1.165) is 25.9 Å². The molecule has 1 aromatic heterocycles. The molecule has 14 heteroatoms. The summed E-state index contributed by atoms with van der Waals surface area (Å²) in [7, 11) is 0.274. The lowest BCUT2D eigenvalue weighted by molar-refractivity contribution is -0.132. The van der Waals surface area contributed by atoms with E-state index in [1.54, 1.807) is 42.2 Å². The maximum Gasteiger partial charge on any atom is 0.411 e. The number of likely N-dealkylation sites (tertiary alicyclic amines) is 1. The minimum Gasteiger partial charge on any atom is -0.497 e. The number of nitrogens with zero attached hydrogens (tertiary/aromatic N) is 5. The lowest BCUT2D eigenvalue weighted by Gasteiger charge is -2.42. The van der Waals surface area contributed by atoms with Gasteiger partial charge in [-0.1, -0.05) is 18.2 Å². The molecule has 3 aliphatic rings. The molecular weight excluding hydrogens is 638 g/mol. The van der Waals surface area contributed by atoms with E-state index in [-0.39, 0.29) is 39.9 Å². The first-order valence-corrected chi connectivity index (χ1v) is 17.5. The van der Waals surface area contributed by atoms with Crippen LogP contribution >= 0.6 is 0 Å². The molecule has 6 rings (SSSR count). The van der Waals surface area contributed by atoms with E-state index < -0.39 is 27.6 Å². The van der Waals surface area contributed by atoms with E-state index in [1.807, 2.05) is 0 Å². The van der Waals surface area contributed by atoms with Crippen LogP contribution in [0.1, 0.15) is 30.9 Å². The van der Waals surface area contributed by atoms with E-state index in [1.165, 1.54) is 44.7 Å². The number of rotatable bonds is 9. The molecule has 3 aliphatic heterocycles. The van der Waals surface area contributed by atoms with E-state index in [9.17, 15) is 18.0 Å². The Hall–Kier alpha value is -4.40. The molecule has 13 nitrogen and oxygen atoms in total. The van der Waals surface area contributed by atoms with Crippen LogP contribution < -0.4 is 18.5 Å². The molecule has 3 aromatic rings. The average Bonchev–Trinajstić information content (AvgIpc) is 3.36. The summed E-state index contributed by atoms with van der Waals surface area (Å²) in [6.45, 7) is 6.15. The Balaban J connectivity index is 1.41. The number of para-hydroxylation sites is 1. The number of benzene rings is 2. The summed E-state index contributed by atoms with van der Waals surface area (Å²) in [6.07, 6.45) is 2.89. The topological polar surface area (TPSA) is 131 Å². The van der Waals surface area contributed by atoms with Gasteiger partial charge in [0, 0.05) is 50.0 Å². The number of piperidine rings is 1. The number of ether oxygens (including phenoxy) is 4. The summed E-state index contributed by atoms with van der Waals surface area (Å²) in [6, 6.07) is 14.2. The van der Waals surface area contributed by atoms with Crippen LogP contribution in [0.2, 0.25) is 0 Å². The van der Waals surface area contributed by atoms with Crippen molar-refractivity contribution >= 4 is 27.7 Å². The first kappa shape index (κ1) is 33.5. The fraction of sp³-hybridized carbons (Fsp3) is 0.441. The van der Waals surface area contributed by atoms with Crippen LogP contribution in [0, 0.1) is 0 Å². The van der Waals surface area contributed by atoms with Gasteiger partial charge in [0.15, 0.2) is 0 Å². The summed E-state index contributed by atoms with van der Waals surface area (Å²) in [5, 5.41) is 0. The number of aromatic nitrogens is 1. The number of anilines is 1. The van der Waals surface area contributed by atoms with Crippen LogP contribution in [0.25, 0.3) is 0 Å². The summed E-state index contributed by atoms with van der Waals surface area (Å²) >= 11 is 0. The molecule has 1 unspecified atom stereocenters. The molecule has 48 heavy (non-hydrogen) atoms. The van der Waals surface area contributed by atoms with Crippen molar-refractivity contribution in [3.63, 3.8) is 0 Å². The van der Waals surface area contributed by atoms with Crippen LogP contribution in [-0.4, -0.2) is 113 Å². The van der Waals surface area contributed by atoms with Gasteiger partial charge < -0.3 is 28.7 Å². The molecule has 2 fully saturated rings. The normalized spacial score (nSPS) is 20.8. The third kappa shape index (κ3) is 5.81. The monoisotopic (exact) mass is 679 g/mol. The van der Waals surface area contributed by atoms with Crippen LogP contribution in [-0.2, 0) is 25.2 Å². The zero-order valence-corrected chi connectivity index (χ0v) is 28.4. The first-order valence-electron chi connectivity index (χ1n) is 16.1. The number of fused-ring (bicyclic) bond motifs is 1. The number of amides is 2. The fourth-order valence-corrected chi connectivity index (χ4v) is 8.39. The van der Waals surface area contributed by atoms with Gasteiger partial charge in [0.1, 0.15) is 16.4 Å². The number of hydrogen-bond donors (Lipinski definition) is 0. The maximum atomic E-state index is 15.0. The zero-order chi connectivity index (χ0) is 34.1. The molecular formula is C34H41N5O8S. The van der Waals surface area contributed by atoms with Gasteiger partial charge in [-0.3, -0.25) is 9.69 Å². The van der Waals surface area contributed by atoms with Crippen molar-refractivity contribution in [2.75, 3.05) is 71.4 Å². The van der Waals surface area contributed by atoms with E-state index >= 15 is 0 Å². The number of sulfonamides is 1. The highest BCUT2D eigenvalue weighted by Crippen LogP contribution is 2.51. The quantitative estimate of drug-likeness (QED) is 0.330. The van der Waals surface area contributed by atoms with Crippen LogP contribution in [0.4, 0.5) is 10.5 Å². The van der Waals surface area contributed by atoms with Crippen molar-refractivity contribution in [2.24, 2.45) is 0 Å². The molecule has 2 amide bonds. The molecule has 2 aromatic carbocycles. The van der Waals surface area contributed by atoms with Gasteiger partial charge in [0.05, 0.1) is 32.1 Å². The van der Waals surface area contributed by atoms with Crippen molar-refractivity contribution in [2.45, 2.75) is 36.3 Å². The minimum absolute atomic E-state index is 0.0204. The third-order valence-electron chi connectivity index (χ3n) is 9.33. The zero-order valence-electron chi connectivity index (χ0n) is 27.6. The minimum atomic E-state index is -4.63. The van der Waals surface area contributed by atoms with Gasteiger partial charge in [-0.05, 0) is 70.2 Å². The molecule has 256 valence electrons. The summed E-state index contributed by atoms with van der Waals surface area (Å²) in [5.74, 6) is -0.610. The molecule has 0 spiro atoms. The number of carbonyl (C=O) groups excluding carboxylic acids is 2. The van der Waals surface area contributed by atoms with E-state index in [4.69, 9.17) is 18.9 Å². The van der Waals surface area contributed by atoms with Gasteiger partial charge in [-0.2, -0.15) is 4.31 Å². The number of carbonyl (C=O) groups is 2. The van der Waals surface area contributed by atoms with Crippen molar-refractivity contribution < 1.29 is 37.0 Å². The van der Waals surface area contributed by atoms with Gasteiger partial charge in [-0.25, -0.2) is 18.2 Å². The molecule has 2 saturated heterocycles. The second-order valence-electron chi connectivity index (χ2n) is 12.0. The van der Waals surface area contributed by atoms with Crippen LogP contribution in [0.3, 0.4) is 0 Å². The molecule has 0 saturated carbocycles. The summed E-state index contributed by atoms with van der Waals surface area (Å²) in [5.41, 5.74) is -1.92. The van der Waals surface area contributed by atoms with Gasteiger partial charge in [0.25, 0.3) is 21.5 Å². The highest BCUT2D eigenvalue weighted by Gasteiger charge is 2.61. The van der Waals surface area contributed by atoms with E-state index in [0.29, 0.717) is 42.3 Å². The first-order chi connectivity index (χ1) is 23.1. The van der Waals surface area contributed by atoms with Crippen molar-refractivity contribution in [1.29, 1.82) is 0 Å². The molecule has 0 aliphatic carbocycles. The van der Waals surface area contributed by atoms with Crippen molar-refractivity contribution in [3.8, 4) is 17.4 Å². The van der Waals surface area contributed by atoms with Crippen LogP contribution in [0.5, 0.6) is 17.4 Å². The second-order valence-corrected chi connectivity index (χ2v) is 13.8. The average molecular weight is 680 g/mol. The van der Waals surface area contributed by atoms with Gasteiger partial charge >= 0.3 is 6.09 Å². The van der Waals surface area contributed by atoms with Gasteiger partial charge in [0.2, 0.25) is 5.88 Å². The Morgan fingerprint density at radius 1 is 0.938 bits per heavy atom. The van der Waals surface area contributed by atoms with E-state index in [2.05, 4.69) is 21.8 Å². The Labute approximate surface area is 281 Å². The van der Waals surface area contributed by atoms with Crippen molar-refractivity contribution in [3.05, 3.63) is 71.9 Å². The Morgan fingerprint density at radius 3 is 2.33 bits per heavy atom. The standard InChI is InChI=1S/C34H41N5O8S/c1-5-46-31-27(10-8-16-35-31)34(47-33(41)38-21-19-37(20-22-38)24-14-17-36(2)18-15-24)26-9-6-7-11-28(26)39(32(34)40)48(42,43)30-13-12-25(44-3)23-29(30)45-4/h6-13,16,23-24H,5,14-15,17-22H2,1-4H3. The lowest BCUT2D eigenvalue weighted by atomic mass is 9.87. The smallest absolute Gasteiger partial charge is 0.411 e. The van der Waals surface area contributed by atoms with Crippen molar-refractivity contribution in [1.82, 2.24) is 19.7 Å². The maximum absolute atomic E-state index is 15.0. The summed E-state index contributed by atoms with van der Waals surface area (Å²) < 4.78 is 52.5. The molecule has 0 bridgehead atoms. The fourth-order valence-electron chi connectivity index (χ4n) is 6.79. The number of piperazine rings is 1.